The average molecular weight is 448 g/mol. The lowest BCUT2D eigenvalue weighted by Gasteiger charge is -2.26. The molecule has 0 spiro atoms. The van der Waals surface area contributed by atoms with Gasteiger partial charge in [0.05, 0.1) is 5.52 Å². The monoisotopic (exact) mass is 447 g/mol. The van der Waals surface area contributed by atoms with Crippen LogP contribution in [0.15, 0.2) is 35.4 Å². The molecule has 172 valence electrons. The van der Waals surface area contributed by atoms with Gasteiger partial charge in [0.1, 0.15) is 11.4 Å². The molecule has 4 rings (SSSR count). The lowest BCUT2D eigenvalue weighted by atomic mass is 9.94. The number of carboxylic acid groups (broad SMARTS) is 1. The molecule has 2 aromatic heterocycles. The fourth-order valence-corrected chi connectivity index (χ4v) is 4.39. The number of carbonyl (C=O) groups is 2. The van der Waals surface area contributed by atoms with Gasteiger partial charge in [-0.1, -0.05) is 26.8 Å². The van der Waals surface area contributed by atoms with Crippen LogP contribution in [0.5, 0.6) is 0 Å². The first-order valence-corrected chi connectivity index (χ1v) is 11.1. The highest BCUT2D eigenvalue weighted by Gasteiger charge is 2.29. The molecule has 1 saturated carbocycles. The molecule has 1 aromatic carbocycles. The van der Waals surface area contributed by atoms with E-state index in [1.54, 1.807) is 24.2 Å². The molecule has 1 fully saturated rings. The van der Waals surface area contributed by atoms with E-state index in [1.165, 1.54) is 6.20 Å². The topological polar surface area (TPSA) is 92.5 Å². The number of carboxylic acids is 1. The summed E-state index contributed by atoms with van der Waals surface area (Å²) in [5, 5.41) is 9.91. The Bertz CT molecular complexity index is 1360. The number of benzene rings is 1. The van der Waals surface area contributed by atoms with E-state index in [0.717, 1.165) is 40.6 Å². The van der Waals surface area contributed by atoms with Gasteiger partial charge in [0, 0.05) is 41.8 Å². The highest BCUT2D eigenvalue weighted by atomic mass is 16.4. The molecular formula is C26H29N3O4. The van der Waals surface area contributed by atoms with Crippen molar-refractivity contribution in [1.29, 1.82) is 0 Å². The molecule has 7 heteroatoms. The number of carbonyl (C=O) groups excluding carboxylic acids is 1. The Labute approximate surface area is 192 Å². The second kappa shape index (κ2) is 7.83. The van der Waals surface area contributed by atoms with Crippen LogP contribution < -0.4 is 10.3 Å². The quantitative estimate of drug-likeness (QED) is 0.625. The lowest BCUT2D eigenvalue weighted by Crippen LogP contribution is -2.37. The molecule has 2 heterocycles. The van der Waals surface area contributed by atoms with Crippen LogP contribution in [0.3, 0.4) is 0 Å². The van der Waals surface area contributed by atoms with E-state index < -0.39 is 16.8 Å². The third-order valence-electron chi connectivity index (χ3n) is 6.24. The first kappa shape index (κ1) is 22.7. The van der Waals surface area contributed by atoms with Crippen LogP contribution in [-0.2, 0) is 4.79 Å². The van der Waals surface area contributed by atoms with E-state index in [2.05, 4.69) is 4.98 Å². The van der Waals surface area contributed by atoms with Crippen molar-refractivity contribution in [2.45, 2.75) is 53.5 Å². The molecule has 0 saturated heterocycles. The first-order valence-electron chi connectivity index (χ1n) is 11.1. The smallest absolute Gasteiger partial charge is 0.341 e. The van der Waals surface area contributed by atoms with Crippen LogP contribution in [0.2, 0.25) is 0 Å². The maximum Gasteiger partial charge on any atom is 0.341 e. The highest BCUT2D eigenvalue weighted by Crippen LogP contribution is 2.39. The number of hydrogen-bond donors (Lipinski definition) is 1. The number of hydrogen-bond acceptors (Lipinski definition) is 4. The Morgan fingerprint density at radius 2 is 1.85 bits per heavy atom. The number of rotatable bonds is 4. The largest absolute Gasteiger partial charge is 0.477 e. The van der Waals surface area contributed by atoms with Crippen LogP contribution in [-0.4, -0.2) is 33.6 Å². The fourth-order valence-electron chi connectivity index (χ4n) is 4.39. The third kappa shape index (κ3) is 3.92. The lowest BCUT2D eigenvalue weighted by molar-refractivity contribution is -0.125. The Balaban J connectivity index is 1.85. The molecule has 3 aromatic rings. The van der Waals surface area contributed by atoms with E-state index in [4.69, 9.17) is 0 Å². The number of amides is 1. The minimum atomic E-state index is -1.21. The molecule has 0 bridgehead atoms. The average Bonchev–Trinajstić information content (AvgIpc) is 3.57. The van der Waals surface area contributed by atoms with Gasteiger partial charge < -0.3 is 9.67 Å². The van der Waals surface area contributed by atoms with Gasteiger partial charge in [0.25, 0.3) is 0 Å². The molecule has 1 amide bonds. The molecule has 1 N–H and O–H groups in total. The SMILES string of the molecule is Cc1cc(-c2ccc3c(=O)c(C(=O)O)cn(C4CC4)c3c2C)cnc1N(C)C(=O)C(C)(C)C. The molecule has 0 atom stereocenters. The zero-order valence-electron chi connectivity index (χ0n) is 19.9. The predicted octanol–water partition coefficient (Wildman–Crippen LogP) is 4.72. The van der Waals surface area contributed by atoms with E-state index in [0.29, 0.717) is 11.2 Å². The molecule has 33 heavy (non-hydrogen) atoms. The van der Waals surface area contributed by atoms with Crippen molar-refractivity contribution >= 4 is 28.6 Å². The summed E-state index contributed by atoms with van der Waals surface area (Å²) in [6.45, 7) is 9.51. The molecule has 1 aliphatic carbocycles. The number of fused-ring (bicyclic) bond motifs is 1. The zero-order valence-corrected chi connectivity index (χ0v) is 19.9. The van der Waals surface area contributed by atoms with Gasteiger partial charge in [0.2, 0.25) is 11.3 Å². The van der Waals surface area contributed by atoms with Crippen molar-refractivity contribution in [2.24, 2.45) is 5.41 Å². The first-order chi connectivity index (χ1) is 15.4. The molecule has 0 unspecified atom stereocenters. The van der Waals surface area contributed by atoms with Crippen molar-refractivity contribution < 1.29 is 14.7 Å². The Kier molecular flexibility index (Phi) is 5.39. The van der Waals surface area contributed by atoms with Gasteiger partial charge >= 0.3 is 5.97 Å². The van der Waals surface area contributed by atoms with Crippen molar-refractivity contribution in [3.05, 3.63) is 57.5 Å². The number of nitrogens with zero attached hydrogens (tertiary/aromatic N) is 3. The number of pyridine rings is 2. The summed E-state index contributed by atoms with van der Waals surface area (Å²) < 4.78 is 1.95. The maximum atomic E-state index is 12.8. The van der Waals surface area contributed by atoms with Gasteiger partial charge in [-0.15, -0.1) is 0 Å². The number of aromatic carboxylic acids is 1. The predicted molar refractivity (Wildman–Crippen MR) is 129 cm³/mol. The Hall–Kier alpha value is -3.48. The summed E-state index contributed by atoms with van der Waals surface area (Å²) in [5.74, 6) is -0.615. The summed E-state index contributed by atoms with van der Waals surface area (Å²) >= 11 is 0. The highest BCUT2D eigenvalue weighted by molar-refractivity contribution is 5.97. The second-order valence-electron chi connectivity index (χ2n) is 9.93. The van der Waals surface area contributed by atoms with Gasteiger partial charge in [-0.25, -0.2) is 9.78 Å². The van der Waals surface area contributed by atoms with Crippen LogP contribution in [0.25, 0.3) is 22.0 Å². The zero-order chi connectivity index (χ0) is 24.2. The van der Waals surface area contributed by atoms with Crippen molar-refractivity contribution in [2.75, 3.05) is 11.9 Å². The molecule has 1 aliphatic rings. The number of aromatic nitrogens is 2. The summed E-state index contributed by atoms with van der Waals surface area (Å²) in [6.07, 6.45) is 5.16. The van der Waals surface area contributed by atoms with Gasteiger partial charge in [-0.05, 0) is 55.5 Å². The van der Waals surface area contributed by atoms with Crippen molar-refractivity contribution in [3.8, 4) is 11.1 Å². The molecule has 7 nitrogen and oxygen atoms in total. The summed E-state index contributed by atoms with van der Waals surface area (Å²) in [4.78, 5) is 43.3. The molecule has 0 radical (unpaired) electrons. The van der Waals surface area contributed by atoms with E-state index in [9.17, 15) is 19.5 Å². The van der Waals surface area contributed by atoms with Crippen LogP contribution in [0.1, 0.15) is 61.1 Å². The van der Waals surface area contributed by atoms with Gasteiger partial charge in [-0.3, -0.25) is 14.5 Å². The fraction of sp³-hybridized carbons (Fsp3) is 0.385. The third-order valence-corrected chi connectivity index (χ3v) is 6.24. The minimum absolute atomic E-state index is 0.0181. The maximum absolute atomic E-state index is 12.8. The number of aryl methyl sites for hydroxylation is 2. The van der Waals surface area contributed by atoms with Gasteiger partial charge in [0.15, 0.2) is 0 Å². The Morgan fingerprint density at radius 1 is 1.18 bits per heavy atom. The summed E-state index contributed by atoms with van der Waals surface area (Å²) in [6, 6.07) is 5.76. The second-order valence-corrected chi connectivity index (χ2v) is 9.93. The standard InChI is InChI=1S/C26H29N3O4/c1-14-11-16(12-27-23(14)28(6)25(33)26(3,4)5)18-9-10-19-21(15(18)2)29(17-7-8-17)13-20(22(19)30)24(31)32/h9-13,17H,7-8H2,1-6H3,(H,31,32). The number of anilines is 1. The van der Waals surface area contributed by atoms with Crippen LogP contribution in [0.4, 0.5) is 5.82 Å². The summed E-state index contributed by atoms with van der Waals surface area (Å²) in [5.41, 5.74) is 3.17. The van der Waals surface area contributed by atoms with E-state index in [1.807, 2.05) is 51.3 Å². The molecular weight excluding hydrogens is 418 g/mol. The van der Waals surface area contributed by atoms with E-state index in [-0.39, 0.29) is 17.5 Å². The summed E-state index contributed by atoms with van der Waals surface area (Å²) in [7, 11) is 1.73. The normalized spacial score (nSPS) is 13.9. The van der Waals surface area contributed by atoms with Crippen LogP contribution >= 0.6 is 0 Å². The minimum Gasteiger partial charge on any atom is -0.477 e. The van der Waals surface area contributed by atoms with Crippen molar-refractivity contribution in [1.82, 2.24) is 9.55 Å². The van der Waals surface area contributed by atoms with E-state index >= 15 is 0 Å². The molecule has 0 aliphatic heterocycles. The van der Waals surface area contributed by atoms with Crippen LogP contribution in [0, 0.1) is 19.3 Å². The van der Waals surface area contributed by atoms with Crippen molar-refractivity contribution in [3.63, 3.8) is 0 Å². The Morgan fingerprint density at radius 3 is 2.39 bits per heavy atom. The van der Waals surface area contributed by atoms with Gasteiger partial charge in [-0.2, -0.15) is 0 Å².